The molecule has 0 spiro atoms. The second-order valence-electron chi connectivity index (χ2n) is 5.35. The summed E-state index contributed by atoms with van der Waals surface area (Å²) in [5, 5.41) is 0. The van der Waals surface area contributed by atoms with Crippen LogP contribution < -0.4 is 0 Å². The normalized spacial score (nSPS) is 26.0. The zero-order chi connectivity index (χ0) is 10.8. The molecule has 0 aromatic heterocycles. The first-order chi connectivity index (χ1) is 6.43. The molecule has 1 aliphatic rings. The molecule has 0 radical (unpaired) electrons. The maximum Gasteiger partial charge on any atom is 0.141 e. The van der Waals surface area contributed by atoms with E-state index >= 15 is 0 Å². The third kappa shape index (κ3) is 2.70. The van der Waals surface area contributed by atoms with Gasteiger partial charge in [-0.3, -0.25) is 4.79 Å². The van der Waals surface area contributed by atoms with Crippen LogP contribution in [0.2, 0.25) is 0 Å². The van der Waals surface area contributed by atoms with Gasteiger partial charge >= 0.3 is 0 Å². The van der Waals surface area contributed by atoms with Gasteiger partial charge in [0.15, 0.2) is 0 Å². The summed E-state index contributed by atoms with van der Waals surface area (Å²) in [6, 6.07) is 0. The Morgan fingerprint density at radius 2 is 2.14 bits per heavy atom. The van der Waals surface area contributed by atoms with Crippen LogP contribution in [0.25, 0.3) is 0 Å². The summed E-state index contributed by atoms with van der Waals surface area (Å²) >= 11 is 0. The summed E-state index contributed by atoms with van der Waals surface area (Å²) in [6.45, 7) is 8.37. The first kappa shape index (κ1) is 11.5. The summed E-state index contributed by atoms with van der Waals surface area (Å²) in [5.41, 5.74) is 1.25. The maximum absolute atomic E-state index is 12.0. The van der Waals surface area contributed by atoms with Gasteiger partial charge in [0.25, 0.3) is 0 Å². The van der Waals surface area contributed by atoms with Crippen molar-refractivity contribution in [3.8, 4) is 0 Å². The van der Waals surface area contributed by atoms with Gasteiger partial charge in [-0.1, -0.05) is 31.9 Å². The van der Waals surface area contributed by atoms with Crippen LogP contribution in [0, 0.1) is 11.3 Å². The Bertz CT molecular complexity index is 244. The van der Waals surface area contributed by atoms with E-state index < -0.39 is 0 Å². The fourth-order valence-corrected chi connectivity index (χ4v) is 2.20. The molecule has 1 saturated carbocycles. The third-order valence-electron chi connectivity index (χ3n) is 3.20. The molecule has 1 fully saturated rings. The molecule has 1 nitrogen and oxygen atoms in total. The van der Waals surface area contributed by atoms with Crippen molar-refractivity contribution >= 4 is 5.78 Å². The minimum absolute atomic E-state index is 0.0710. The molecule has 0 aliphatic heterocycles. The molecular weight excluding hydrogens is 172 g/mol. The van der Waals surface area contributed by atoms with Gasteiger partial charge in [0.1, 0.15) is 5.78 Å². The van der Waals surface area contributed by atoms with Crippen LogP contribution in [-0.2, 0) is 4.79 Å². The second kappa shape index (κ2) is 4.29. The molecule has 1 rings (SSSR count). The number of hydrogen-bond donors (Lipinski definition) is 0. The largest absolute Gasteiger partial charge is 0.299 e. The highest BCUT2D eigenvalue weighted by molar-refractivity contribution is 5.87. The van der Waals surface area contributed by atoms with Crippen molar-refractivity contribution in [2.45, 2.75) is 53.4 Å². The molecule has 0 bridgehead atoms. The lowest BCUT2D eigenvalue weighted by molar-refractivity contribution is -0.134. The number of carbonyl (C=O) groups excluding carboxylic acids is 1. The van der Waals surface area contributed by atoms with Gasteiger partial charge in [-0.2, -0.15) is 0 Å². The van der Waals surface area contributed by atoms with E-state index in [9.17, 15) is 4.79 Å². The molecule has 80 valence electrons. The van der Waals surface area contributed by atoms with E-state index in [0.717, 1.165) is 19.3 Å². The zero-order valence-corrected chi connectivity index (χ0v) is 9.89. The first-order valence-corrected chi connectivity index (χ1v) is 5.61. The van der Waals surface area contributed by atoms with E-state index in [2.05, 4.69) is 33.8 Å². The highest BCUT2D eigenvalue weighted by Gasteiger charge is 2.36. The molecule has 0 N–H and O–H groups in total. The predicted octanol–water partition coefficient (Wildman–Crippen LogP) is 3.74. The Balaban J connectivity index is 2.62. The monoisotopic (exact) mass is 194 g/mol. The lowest BCUT2D eigenvalue weighted by Crippen LogP contribution is -2.34. The van der Waals surface area contributed by atoms with E-state index in [0.29, 0.717) is 5.78 Å². The summed E-state index contributed by atoms with van der Waals surface area (Å²) < 4.78 is 0. The van der Waals surface area contributed by atoms with Gasteiger partial charge in [-0.15, -0.1) is 0 Å². The smallest absolute Gasteiger partial charge is 0.141 e. The predicted molar refractivity (Wildman–Crippen MR) is 60.2 cm³/mol. The molecule has 1 atom stereocenters. The summed E-state index contributed by atoms with van der Waals surface area (Å²) in [5.74, 6) is 0.759. The molecule has 1 heteroatoms. The van der Waals surface area contributed by atoms with Gasteiger partial charge in [-0.05, 0) is 33.1 Å². The third-order valence-corrected chi connectivity index (χ3v) is 3.20. The molecule has 0 saturated heterocycles. The minimum Gasteiger partial charge on any atom is -0.299 e. The van der Waals surface area contributed by atoms with Gasteiger partial charge in [0.2, 0.25) is 0 Å². The molecule has 0 aromatic rings. The van der Waals surface area contributed by atoms with Crippen molar-refractivity contribution in [1.82, 2.24) is 0 Å². The van der Waals surface area contributed by atoms with E-state index in [1.807, 2.05) is 0 Å². The lowest BCUT2D eigenvalue weighted by Gasteiger charge is -2.33. The molecular formula is C13H22O. The molecule has 14 heavy (non-hydrogen) atoms. The standard InChI is InChI=1S/C13H22O/c1-10(2)7-8-11-6-5-9-13(3,4)12(11)14/h7,11H,5-6,8-9H2,1-4H3. The number of ketones is 1. The van der Waals surface area contributed by atoms with E-state index in [4.69, 9.17) is 0 Å². The SMILES string of the molecule is CC(C)=CCC1CCCC(C)(C)C1=O. The number of hydrogen-bond acceptors (Lipinski definition) is 1. The Kier molecular flexibility index (Phi) is 3.52. The van der Waals surface area contributed by atoms with E-state index in [1.54, 1.807) is 0 Å². The van der Waals surface area contributed by atoms with Crippen molar-refractivity contribution in [2.24, 2.45) is 11.3 Å². The van der Waals surface area contributed by atoms with Crippen LogP contribution in [0.3, 0.4) is 0 Å². The van der Waals surface area contributed by atoms with Crippen LogP contribution >= 0.6 is 0 Å². The van der Waals surface area contributed by atoms with Crippen LogP contribution in [0.4, 0.5) is 0 Å². The first-order valence-electron chi connectivity index (χ1n) is 5.61. The van der Waals surface area contributed by atoms with Crippen molar-refractivity contribution in [3.63, 3.8) is 0 Å². The number of Topliss-reactive ketones (excluding diaryl/α,β-unsaturated/α-hetero) is 1. The summed E-state index contributed by atoms with van der Waals surface area (Å²) in [6.07, 6.45) is 6.51. The van der Waals surface area contributed by atoms with Crippen molar-refractivity contribution in [1.29, 1.82) is 0 Å². The average Bonchev–Trinajstić information content (AvgIpc) is 2.07. The number of allylic oxidation sites excluding steroid dienone is 2. The van der Waals surface area contributed by atoms with E-state index in [-0.39, 0.29) is 11.3 Å². The Labute approximate surface area is 87.6 Å². The number of carbonyl (C=O) groups is 1. The summed E-state index contributed by atoms with van der Waals surface area (Å²) in [4.78, 5) is 12.0. The topological polar surface area (TPSA) is 17.1 Å². The highest BCUT2D eigenvalue weighted by atomic mass is 16.1. The van der Waals surface area contributed by atoms with Gasteiger partial charge in [0, 0.05) is 11.3 Å². The molecule has 0 amide bonds. The molecule has 1 aliphatic carbocycles. The molecule has 1 unspecified atom stereocenters. The fraction of sp³-hybridized carbons (Fsp3) is 0.769. The van der Waals surface area contributed by atoms with Crippen molar-refractivity contribution < 1.29 is 4.79 Å². The van der Waals surface area contributed by atoms with Crippen molar-refractivity contribution in [2.75, 3.05) is 0 Å². The second-order valence-corrected chi connectivity index (χ2v) is 5.35. The quantitative estimate of drug-likeness (QED) is 0.612. The van der Waals surface area contributed by atoms with Gasteiger partial charge in [0.05, 0.1) is 0 Å². The van der Waals surface area contributed by atoms with Gasteiger partial charge in [-0.25, -0.2) is 0 Å². The Morgan fingerprint density at radius 1 is 1.50 bits per heavy atom. The van der Waals surface area contributed by atoms with Crippen LogP contribution in [0.15, 0.2) is 11.6 Å². The summed E-state index contributed by atoms with van der Waals surface area (Å²) in [7, 11) is 0. The average molecular weight is 194 g/mol. The minimum atomic E-state index is -0.0710. The lowest BCUT2D eigenvalue weighted by atomic mass is 9.70. The Hall–Kier alpha value is -0.590. The zero-order valence-electron chi connectivity index (χ0n) is 9.89. The van der Waals surface area contributed by atoms with Crippen molar-refractivity contribution in [3.05, 3.63) is 11.6 Å². The van der Waals surface area contributed by atoms with Gasteiger partial charge < -0.3 is 0 Å². The fourth-order valence-electron chi connectivity index (χ4n) is 2.20. The molecule has 0 heterocycles. The molecule has 0 aromatic carbocycles. The van der Waals surface area contributed by atoms with Crippen LogP contribution in [-0.4, -0.2) is 5.78 Å². The Morgan fingerprint density at radius 3 is 2.71 bits per heavy atom. The van der Waals surface area contributed by atoms with E-state index in [1.165, 1.54) is 12.0 Å². The van der Waals surface area contributed by atoms with Crippen LogP contribution in [0.5, 0.6) is 0 Å². The van der Waals surface area contributed by atoms with Crippen LogP contribution in [0.1, 0.15) is 53.4 Å². The maximum atomic E-state index is 12.0. The number of rotatable bonds is 2. The highest BCUT2D eigenvalue weighted by Crippen LogP contribution is 2.36.